The van der Waals surface area contributed by atoms with Crippen molar-refractivity contribution in [2.75, 3.05) is 51.5 Å². The van der Waals surface area contributed by atoms with E-state index in [-0.39, 0.29) is 18.2 Å². The zero-order valence-corrected chi connectivity index (χ0v) is 27.7. The van der Waals surface area contributed by atoms with Crippen molar-refractivity contribution in [1.29, 1.82) is 5.26 Å². The number of nitrogens with one attached hydrogen (secondary N) is 2. The van der Waals surface area contributed by atoms with Gasteiger partial charge in [0.1, 0.15) is 17.5 Å². The molecule has 3 N–H and O–H groups in total. The number of fused-ring (bicyclic) bond motifs is 2. The summed E-state index contributed by atoms with van der Waals surface area (Å²) >= 11 is 0. The van der Waals surface area contributed by atoms with Crippen LogP contribution in [0.4, 0.5) is 5.69 Å². The summed E-state index contributed by atoms with van der Waals surface area (Å²) in [5.74, 6) is 0.263. The van der Waals surface area contributed by atoms with Gasteiger partial charge < -0.3 is 38.8 Å². The van der Waals surface area contributed by atoms with E-state index in [4.69, 9.17) is 23.6 Å². The van der Waals surface area contributed by atoms with Crippen molar-refractivity contribution < 1.29 is 43.0 Å². The topological polar surface area (TPSA) is 169 Å². The van der Waals surface area contributed by atoms with E-state index in [9.17, 15) is 24.7 Å². The first-order chi connectivity index (χ1) is 24.4. The van der Waals surface area contributed by atoms with E-state index in [1.807, 2.05) is 24.3 Å². The normalized spacial score (nSPS) is 16.6. The number of hydrogen-bond acceptors (Lipinski definition) is 11. The molecule has 0 bridgehead atoms. The Hall–Kier alpha value is -4.78. The van der Waals surface area contributed by atoms with Gasteiger partial charge in [0.15, 0.2) is 0 Å². The second-order valence-corrected chi connectivity index (χ2v) is 12.2. The Morgan fingerprint density at radius 1 is 1.00 bits per heavy atom. The van der Waals surface area contributed by atoms with Gasteiger partial charge in [0.05, 0.1) is 51.3 Å². The Kier molecular flexibility index (Phi) is 11.8. The number of piperidine rings is 1. The zero-order valence-electron chi connectivity index (χ0n) is 27.7. The highest BCUT2D eigenvalue weighted by atomic mass is 16.5. The first-order valence-electron chi connectivity index (χ1n) is 16.8. The number of nitrogens with zero attached hydrogens (tertiary/aromatic N) is 2. The summed E-state index contributed by atoms with van der Waals surface area (Å²) in [6.45, 7) is 4.03. The van der Waals surface area contributed by atoms with Crippen LogP contribution in [0, 0.1) is 11.3 Å². The quantitative estimate of drug-likeness (QED) is 0.109. The minimum atomic E-state index is -0.916. The molecule has 0 aromatic heterocycles. The van der Waals surface area contributed by atoms with Gasteiger partial charge in [0.25, 0.3) is 5.91 Å². The Balaban J connectivity index is 0.831. The van der Waals surface area contributed by atoms with E-state index in [1.165, 1.54) is 0 Å². The molecule has 3 aliphatic heterocycles. The first-order valence-corrected chi connectivity index (χ1v) is 16.8. The molecule has 3 heterocycles. The molecular formula is C36H39BN4O9. The van der Waals surface area contributed by atoms with E-state index < -0.39 is 19.1 Å². The number of imide groups is 1. The third-order valence-corrected chi connectivity index (χ3v) is 8.82. The van der Waals surface area contributed by atoms with Gasteiger partial charge in [-0.05, 0) is 72.3 Å². The molecule has 14 heteroatoms. The number of rotatable bonds is 17. The summed E-state index contributed by atoms with van der Waals surface area (Å²) in [7, 11) is -0.916. The minimum Gasteiger partial charge on any atom is -0.457 e. The number of carbonyl (C=O) groups excluding carboxylic acids is 3. The number of ether oxygens (including phenoxy) is 4. The van der Waals surface area contributed by atoms with Crippen molar-refractivity contribution in [3.8, 4) is 17.6 Å². The summed E-state index contributed by atoms with van der Waals surface area (Å²) in [6, 6.07) is 17.7. The molecule has 3 aliphatic rings. The molecule has 3 aromatic carbocycles. The Morgan fingerprint density at radius 3 is 2.60 bits per heavy atom. The van der Waals surface area contributed by atoms with Crippen molar-refractivity contribution in [2.24, 2.45) is 0 Å². The molecule has 3 aromatic rings. The summed E-state index contributed by atoms with van der Waals surface area (Å²) < 4.78 is 28.5. The highest BCUT2D eigenvalue weighted by molar-refractivity contribution is 6.61. The van der Waals surface area contributed by atoms with E-state index in [1.54, 1.807) is 35.2 Å². The van der Waals surface area contributed by atoms with Crippen LogP contribution in [-0.4, -0.2) is 87.0 Å². The highest BCUT2D eigenvalue weighted by Crippen LogP contribution is 2.32. The Labute approximate surface area is 290 Å². The van der Waals surface area contributed by atoms with Gasteiger partial charge in [0.2, 0.25) is 11.8 Å². The van der Waals surface area contributed by atoms with Gasteiger partial charge in [0, 0.05) is 42.9 Å². The lowest BCUT2D eigenvalue weighted by molar-refractivity contribution is -0.136. The molecule has 0 aliphatic carbocycles. The number of nitriles is 1. The highest BCUT2D eigenvalue weighted by Gasteiger charge is 2.39. The average molecular weight is 683 g/mol. The van der Waals surface area contributed by atoms with Crippen LogP contribution < -0.4 is 20.8 Å². The van der Waals surface area contributed by atoms with Crippen LogP contribution in [0.1, 0.15) is 51.9 Å². The maximum atomic E-state index is 13.0. The molecule has 1 atom stereocenters. The fourth-order valence-corrected chi connectivity index (χ4v) is 6.20. The van der Waals surface area contributed by atoms with Gasteiger partial charge in [-0.2, -0.15) is 5.26 Å². The molecule has 0 saturated carbocycles. The number of anilines is 1. The van der Waals surface area contributed by atoms with Crippen molar-refractivity contribution in [2.45, 2.75) is 44.9 Å². The lowest BCUT2D eigenvalue weighted by atomic mass is 9.80. The third-order valence-electron chi connectivity index (χ3n) is 8.82. The lowest BCUT2D eigenvalue weighted by Gasteiger charge is -2.29. The second-order valence-electron chi connectivity index (χ2n) is 12.2. The van der Waals surface area contributed by atoms with Crippen LogP contribution in [0.15, 0.2) is 54.6 Å². The third kappa shape index (κ3) is 8.50. The van der Waals surface area contributed by atoms with Crippen LogP contribution >= 0.6 is 0 Å². The summed E-state index contributed by atoms with van der Waals surface area (Å²) in [6.07, 6.45) is 1.90. The fraction of sp³-hybridized carbons (Fsp3) is 0.389. The van der Waals surface area contributed by atoms with Crippen LogP contribution in [0.25, 0.3) is 0 Å². The van der Waals surface area contributed by atoms with Crippen molar-refractivity contribution in [3.63, 3.8) is 0 Å². The van der Waals surface area contributed by atoms with E-state index in [0.29, 0.717) is 94.8 Å². The van der Waals surface area contributed by atoms with Crippen LogP contribution in [0.5, 0.6) is 11.5 Å². The van der Waals surface area contributed by atoms with Crippen LogP contribution in [0.3, 0.4) is 0 Å². The molecule has 0 spiro atoms. The standard InChI is InChI=1S/C36H39BN4O9/c38-21-24-5-6-25(33(19-24)50-27-7-8-30-26(20-27)23-49-37(30)45)11-14-47-16-18-48-17-15-46-13-2-12-39-31-4-1-3-28-29(31)22-41(36(28)44)32-9-10-34(42)40-35(32)43/h1,3-8,19-20,32,39,45H,2,9-18,22-23H2,(H,40,42,43). The van der Waals surface area contributed by atoms with Gasteiger partial charge in [-0.15, -0.1) is 0 Å². The SMILES string of the molecule is N#Cc1ccc(CCOCCOCCOCCCNc2cccc3c2CN(C2CCC(=O)NC2=O)C3=O)c(Oc2ccc3c(c2)COB3O)c1. The van der Waals surface area contributed by atoms with E-state index in [2.05, 4.69) is 16.7 Å². The fourth-order valence-electron chi connectivity index (χ4n) is 6.20. The van der Waals surface area contributed by atoms with Crippen molar-refractivity contribution in [1.82, 2.24) is 10.2 Å². The molecular weight excluding hydrogens is 643 g/mol. The summed E-state index contributed by atoms with van der Waals surface area (Å²) in [5, 5.41) is 25.0. The molecule has 13 nitrogen and oxygen atoms in total. The largest absolute Gasteiger partial charge is 0.491 e. The minimum absolute atomic E-state index is 0.192. The number of hydrogen-bond donors (Lipinski definition) is 3. The van der Waals surface area contributed by atoms with Crippen molar-refractivity contribution in [3.05, 3.63) is 82.4 Å². The lowest BCUT2D eigenvalue weighted by Crippen LogP contribution is -2.52. The summed E-state index contributed by atoms with van der Waals surface area (Å²) in [5.41, 5.74) is 5.29. The molecule has 3 amide bonds. The number of amides is 3. The monoisotopic (exact) mass is 682 g/mol. The average Bonchev–Trinajstić information content (AvgIpc) is 3.66. The summed E-state index contributed by atoms with van der Waals surface area (Å²) in [4.78, 5) is 38.4. The number of benzene rings is 3. The molecule has 6 rings (SSSR count). The van der Waals surface area contributed by atoms with Crippen LogP contribution in [-0.2, 0) is 48.0 Å². The number of carbonyl (C=O) groups is 3. The smallest absolute Gasteiger partial charge is 0.457 e. The zero-order chi connectivity index (χ0) is 34.9. The second kappa shape index (κ2) is 16.8. The molecule has 1 fully saturated rings. The maximum absolute atomic E-state index is 13.0. The van der Waals surface area contributed by atoms with Gasteiger partial charge in [-0.3, -0.25) is 19.7 Å². The Morgan fingerprint density at radius 2 is 1.80 bits per heavy atom. The first kappa shape index (κ1) is 35.1. The molecule has 1 unspecified atom stereocenters. The predicted molar refractivity (Wildman–Crippen MR) is 182 cm³/mol. The van der Waals surface area contributed by atoms with Gasteiger partial charge in [-0.25, -0.2) is 0 Å². The maximum Gasteiger partial charge on any atom is 0.491 e. The molecule has 260 valence electrons. The molecule has 1 saturated heterocycles. The van der Waals surface area contributed by atoms with E-state index >= 15 is 0 Å². The van der Waals surface area contributed by atoms with Gasteiger partial charge in [-0.1, -0.05) is 18.2 Å². The molecule has 50 heavy (non-hydrogen) atoms. The molecule has 0 radical (unpaired) electrons. The predicted octanol–water partition coefficient (Wildman–Crippen LogP) is 2.42. The van der Waals surface area contributed by atoms with Gasteiger partial charge >= 0.3 is 7.12 Å². The van der Waals surface area contributed by atoms with Crippen LogP contribution in [0.2, 0.25) is 0 Å². The Bertz CT molecular complexity index is 1760. The van der Waals surface area contributed by atoms with E-state index in [0.717, 1.165) is 34.3 Å². The van der Waals surface area contributed by atoms with Crippen molar-refractivity contribution >= 4 is 36.0 Å².